The van der Waals surface area contributed by atoms with Gasteiger partial charge in [0, 0.05) is 12.0 Å². The molecule has 6 heteroatoms. The van der Waals surface area contributed by atoms with Crippen molar-refractivity contribution < 1.29 is 18.0 Å². The Morgan fingerprint density at radius 1 is 1.05 bits per heavy atom. The third kappa shape index (κ3) is 3.35. The standard InChI is InChI=1S/C15H23F3N2O/c16-15(17,18)9-20(10-5-7-19-8-6-10)14(21)13-11-3-1-2-4-12(11)13/h10-13,19H,1-9H2. The molecule has 0 aromatic carbocycles. The molecule has 3 nitrogen and oxygen atoms in total. The number of halogens is 3. The average molecular weight is 304 g/mol. The first kappa shape index (κ1) is 15.1. The molecule has 3 aliphatic rings. The lowest BCUT2D eigenvalue weighted by atomic mass is 10.0. The molecule has 3 rings (SSSR count). The van der Waals surface area contributed by atoms with Crippen molar-refractivity contribution in [2.24, 2.45) is 17.8 Å². The molecule has 0 bridgehead atoms. The van der Waals surface area contributed by atoms with Gasteiger partial charge in [-0.05, 0) is 50.6 Å². The number of piperidine rings is 1. The number of carbonyl (C=O) groups is 1. The lowest BCUT2D eigenvalue weighted by molar-refractivity contribution is -0.168. The van der Waals surface area contributed by atoms with Gasteiger partial charge in [-0.15, -0.1) is 0 Å². The summed E-state index contributed by atoms with van der Waals surface area (Å²) in [5.74, 6) is 0.383. The van der Waals surface area contributed by atoms with Crippen molar-refractivity contribution in [3.8, 4) is 0 Å². The smallest absolute Gasteiger partial charge is 0.330 e. The molecule has 1 amide bonds. The number of fused-ring (bicyclic) bond motifs is 1. The van der Waals surface area contributed by atoms with Gasteiger partial charge in [-0.1, -0.05) is 12.8 Å². The fraction of sp³-hybridized carbons (Fsp3) is 0.933. The molecule has 2 unspecified atom stereocenters. The van der Waals surface area contributed by atoms with E-state index in [1.54, 1.807) is 0 Å². The molecule has 0 aromatic rings. The van der Waals surface area contributed by atoms with E-state index in [-0.39, 0.29) is 17.9 Å². The molecule has 1 heterocycles. The van der Waals surface area contributed by atoms with Gasteiger partial charge in [0.2, 0.25) is 5.91 Å². The normalized spacial score (nSPS) is 33.4. The van der Waals surface area contributed by atoms with Crippen molar-refractivity contribution in [3.63, 3.8) is 0 Å². The first-order valence-electron chi connectivity index (χ1n) is 8.05. The summed E-state index contributed by atoms with van der Waals surface area (Å²) < 4.78 is 38.6. The SMILES string of the molecule is O=C(C1C2CCCCC21)N(CC(F)(F)F)C1CCNCC1. The number of alkyl halides is 3. The van der Waals surface area contributed by atoms with Crippen LogP contribution in [0.1, 0.15) is 38.5 Å². The number of nitrogens with one attached hydrogen (secondary N) is 1. The van der Waals surface area contributed by atoms with Crippen molar-refractivity contribution in [3.05, 3.63) is 0 Å². The molecule has 120 valence electrons. The summed E-state index contributed by atoms with van der Waals surface area (Å²) in [7, 11) is 0. The molecule has 3 fully saturated rings. The van der Waals surface area contributed by atoms with Crippen LogP contribution in [-0.4, -0.2) is 42.7 Å². The molecule has 21 heavy (non-hydrogen) atoms. The average Bonchev–Trinajstić information content (AvgIpc) is 3.18. The van der Waals surface area contributed by atoms with Crippen LogP contribution in [0.2, 0.25) is 0 Å². The summed E-state index contributed by atoms with van der Waals surface area (Å²) in [6.45, 7) is 0.320. The van der Waals surface area contributed by atoms with Crippen LogP contribution in [-0.2, 0) is 4.79 Å². The Balaban J connectivity index is 1.70. The summed E-state index contributed by atoms with van der Waals surface area (Å²) in [6, 6.07) is -0.247. The van der Waals surface area contributed by atoms with Crippen LogP contribution in [0, 0.1) is 17.8 Å². The second kappa shape index (κ2) is 5.78. The molecule has 2 aliphatic carbocycles. The zero-order valence-corrected chi connectivity index (χ0v) is 12.2. The quantitative estimate of drug-likeness (QED) is 0.869. The van der Waals surface area contributed by atoms with Crippen molar-refractivity contribution in [1.82, 2.24) is 10.2 Å². The van der Waals surface area contributed by atoms with E-state index in [1.165, 1.54) is 0 Å². The van der Waals surface area contributed by atoms with Crippen LogP contribution < -0.4 is 5.32 Å². The Labute approximate surface area is 123 Å². The molecule has 0 spiro atoms. The molecule has 1 aliphatic heterocycles. The van der Waals surface area contributed by atoms with Crippen LogP contribution in [0.4, 0.5) is 13.2 Å². The largest absolute Gasteiger partial charge is 0.406 e. The van der Waals surface area contributed by atoms with E-state index in [0.717, 1.165) is 30.6 Å². The Kier molecular flexibility index (Phi) is 4.17. The Morgan fingerprint density at radius 3 is 2.14 bits per heavy atom. The fourth-order valence-corrected chi connectivity index (χ4v) is 4.25. The zero-order valence-electron chi connectivity index (χ0n) is 12.2. The topological polar surface area (TPSA) is 32.3 Å². The van der Waals surface area contributed by atoms with E-state index in [0.29, 0.717) is 37.8 Å². The summed E-state index contributed by atoms with van der Waals surface area (Å²) >= 11 is 0. The van der Waals surface area contributed by atoms with Gasteiger partial charge in [0.1, 0.15) is 6.54 Å². The maximum absolute atomic E-state index is 12.9. The van der Waals surface area contributed by atoms with Gasteiger partial charge in [0.25, 0.3) is 0 Å². The van der Waals surface area contributed by atoms with Crippen molar-refractivity contribution in [1.29, 1.82) is 0 Å². The molecule has 0 radical (unpaired) electrons. The number of hydrogen-bond acceptors (Lipinski definition) is 2. The van der Waals surface area contributed by atoms with Crippen molar-refractivity contribution >= 4 is 5.91 Å². The van der Waals surface area contributed by atoms with E-state index in [4.69, 9.17) is 0 Å². The third-order valence-electron chi connectivity index (χ3n) is 5.32. The Morgan fingerprint density at radius 2 is 1.62 bits per heavy atom. The minimum absolute atomic E-state index is 0.121. The van der Waals surface area contributed by atoms with Gasteiger partial charge in [-0.2, -0.15) is 13.2 Å². The van der Waals surface area contributed by atoms with Crippen molar-refractivity contribution in [2.75, 3.05) is 19.6 Å². The number of carbonyl (C=O) groups excluding carboxylic acids is 1. The van der Waals surface area contributed by atoms with E-state index in [1.807, 2.05) is 0 Å². The van der Waals surface area contributed by atoms with Gasteiger partial charge in [0.05, 0.1) is 0 Å². The monoisotopic (exact) mass is 304 g/mol. The van der Waals surface area contributed by atoms with Gasteiger partial charge in [-0.25, -0.2) is 0 Å². The maximum atomic E-state index is 12.9. The highest BCUT2D eigenvalue weighted by Gasteiger charge is 2.57. The minimum atomic E-state index is -4.30. The van der Waals surface area contributed by atoms with Gasteiger partial charge in [0.15, 0.2) is 0 Å². The van der Waals surface area contributed by atoms with Crippen molar-refractivity contribution in [2.45, 2.75) is 50.7 Å². The lowest BCUT2D eigenvalue weighted by Gasteiger charge is -2.35. The van der Waals surface area contributed by atoms with Gasteiger partial charge in [-0.3, -0.25) is 4.79 Å². The maximum Gasteiger partial charge on any atom is 0.406 e. The molecular weight excluding hydrogens is 281 g/mol. The molecule has 1 N–H and O–H groups in total. The highest BCUT2D eigenvalue weighted by atomic mass is 19.4. The predicted molar refractivity (Wildman–Crippen MR) is 72.6 cm³/mol. The second-order valence-electron chi connectivity index (χ2n) is 6.70. The summed E-state index contributed by atoms with van der Waals surface area (Å²) in [5, 5.41) is 3.15. The predicted octanol–water partition coefficient (Wildman–Crippen LogP) is 2.57. The van der Waals surface area contributed by atoms with E-state index < -0.39 is 12.7 Å². The molecule has 1 saturated heterocycles. The molecule has 2 saturated carbocycles. The zero-order chi connectivity index (χ0) is 15.0. The molecule has 2 atom stereocenters. The number of rotatable bonds is 3. The van der Waals surface area contributed by atoms with Crippen LogP contribution in [0.3, 0.4) is 0 Å². The third-order valence-corrected chi connectivity index (χ3v) is 5.32. The van der Waals surface area contributed by atoms with Crippen LogP contribution in [0.5, 0.6) is 0 Å². The van der Waals surface area contributed by atoms with Gasteiger partial charge >= 0.3 is 6.18 Å². The highest BCUT2D eigenvalue weighted by molar-refractivity contribution is 5.82. The van der Waals surface area contributed by atoms with Gasteiger partial charge < -0.3 is 10.2 Å². The Hall–Kier alpha value is -0.780. The van der Waals surface area contributed by atoms with E-state index in [9.17, 15) is 18.0 Å². The minimum Gasteiger partial charge on any atom is -0.330 e. The second-order valence-corrected chi connectivity index (χ2v) is 6.70. The first-order chi connectivity index (χ1) is 9.97. The molecule has 0 aromatic heterocycles. The summed E-state index contributed by atoms with van der Waals surface area (Å²) in [5.41, 5.74) is 0. The van der Waals surface area contributed by atoms with Crippen LogP contribution >= 0.6 is 0 Å². The van der Waals surface area contributed by atoms with Crippen LogP contribution in [0.25, 0.3) is 0 Å². The lowest BCUT2D eigenvalue weighted by Crippen LogP contribution is -2.50. The van der Waals surface area contributed by atoms with E-state index >= 15 is 0 Å². The number of nitrogens with zero attached hydrogens (tertiary/aromatic N) is 1. The van der Waals surface area contributed by atoms with E-state index in [2.05, 4.69) is 5.32 Å². The highest BCUT2D eigenvalue weighted by Crippen LogP contribution is 2.56. The summed E-state index contributed by atoms with van der Waals surface area (Å²) in [6.07, 6.45) is 1.24. The molecular formula is C15H23F3N2O. The number of hydrogen-bond donors (Lipinski definition) is 1. The van der Waals surface area contributed by atoms with Crippen LogP contribution in [0.15, 0.2) is 0 Å². The first-order valence-corrected chi connectivity index (χ1v) is 8.05. The number of amides is 1. The summed E-state index contributed by atoms with van der Waals surface area (Å²) in [4.78, 5) is 13.8. The fourth-order valence-electron chi connectivity index (χ4n) is 4.25. The Bertz CT molecular complexity index is 381.